The van der Waals surface area contributed by atoms with Crippen LogP contribution in [0.15, 0.2) is 30.3 Å². The Hall–Kier alpha value is -0.993. The third-order valence-electron chi connectivity index (χ3n) is 23.8. The highest BCUT2D eigenvalue weighted by Gasteiger charge is 2.50. The minimum absolute atomic E-state index is 0. The van der Waals surface area contributed by atoms with E-state index in [1.807, 2.05) is 60.8 Å². The topological polar surface area (TPSA) is 249 Å². The van der Waals surface area contributed by atoms with Crippen LogP contribution < -0.4 is 5.32 Å². The summed E-state index contributed by atoms with van der Waals surface area (Å²) >= 11 is 20.6. The number of carbonyl (C=O) groups excluding carboxylic acids is 1. The maximum absolute atomic E-state index is 11.7. The zero-order valence-corrected chi connectivity index (χ0v) is 75.0. The summed E-state index contributed by atoms with van der Waals surface area (Å²) in [6.45, 7) is 56.7. The minimum atomic E-state index is -5.39. The number of alkyl carbamates (subject to hydrolysis) is 1. The van der Waals surface area contributed by atoms with E-state index in [9.17, 15) is 41.7 Å². The van der Waals surface area contributed by atoms with Crippen molar-refractivity contribution in [1.82, 2.24) is 5.32 Å². The fourth-order valence-electron chi connectivity index (χ4n) is 14.2. The van der Waals surface area contributed by atoms with E-state index >= 15 is 0 Å². The van der Waals surface area contributed by atoms with Gasteiger partial charge in [-0.3, -0.25) is 5.41 Å². The second-order valence-corrected chi connectivity index (χ2v) is 43.1. The van der Waals surface area contributed by atoms with Gasteiger partial charge in [0.05, 0.1) is 63.1 Å². The molecule has 19 nitrogen and oxygen atoms in total. The monoisotopic (exact) mass is 1740 g/mol. The first-order chi connectivity index (χ1) is 49.7. The predicted octanol–water partition coefficient (Wildman–Crippen LogP) is 22.0. The van der Waals surface area contributed by atoms with E-state index in [0.29, 0.717) is 121 Å². The lowest BCUT2D eigenvalue weighted by molar-refractivity contribution is -0.263. The SMILES string of the molecule is C.C.C.C.C.CC1[C@H](OCCCNC(=O)OCc2ccccc2)OC(CO)[C@@H](C)[C@@H]1C.CCC1OC(O)C(C)[C@@H](C)[C@@H]1C.CCC1OC(OC(=N)C(Cl)(Cl)Cl)C(C)[C@@H](C)[C@@H]1C.CCS[C@@H]1OC(CO)[C@@H](C)[C@H](C)C1C.CCS[C@@H]1OC(CO[C@@H]2OC(CC)[C@@H](C)[C@H](C)C2C)[C@@H](C)[C@H](C)C1C.C[Si](C)(C)OS(=O)(=O)C(F)(F)F. The fraction of sp³-hybridized carbons (Fsp3) is 0.904. The molecule has 0 radical (unpaired) electrons. The van der Waals surface area contributed by atoms with Crippen LogP contribution in [-0.2, 0) is 68.0 Å². The molecule has 30 atom stereocenters. The zero-order valence-electron chi connectivity index (χ0n) is 69.2. The van der Waals surface area contributed by atoms with E-state index in [-0.39, 0.29) is 135 Å². The van der Waals surface area contributed by atoms with Gasteiger partial charge in [0.2, 0.25) is 20.5 Å². The van der Waals surface area contributed by atoms with Gasteiger partial charge in [-0.1, -0.05) is 262 Å². The number of nitrogens with one attached hydrogen (secondary N) is 2. The summed E-state index contributed by atoms with van der Waals surface area (Å²) in [5.41, 5.74) is -3.80. The normalized spacial score (nSPS) is 35.8. The first-order valence-corrected chi connectivity index (χ1v) is 47.3. The van der Waals surface area contributed by atoms with Crippen molar-refractivity contribution in [3.63, 3.8) is 0 Å². The Kier molecular flexibility index (Phi) is 58.5. The number of aliphatic hydroxyl groups is 3. The average molecular weight is 1750 g/mol. The lowest BCUT2D eigenvalue weighted by atomic mass is 9.78. The van der Waals surface area contributed by atoms with E-state index in [4.69, 9.17) is 87.6 Å². The third-order valence-corrected chi connectivity index (χ3v) is 30.2. The Balaban J connectivity index is -0.000000636. The Morgan fingerprint density at radius 2 is 0.875 bits per heavy atom. The molecule has 5 N–H and O–H groups in total. The van der Waals surface area contributed by atoms with Crippen molar-refractivity contribution in [3.8, 4) is 0 Å². The maximum atomic E-state index is 11.7. The number of benzene rings is 1. The van der Waals surface area contributed by atoms with Crippen LogP contribution in [0, 0.1) is 112 Å². The third kappa shape index (κ3) is 36.8. The van der Waals surface area contributed by atoms with Crippen molar-refractivity contribution in [2.24, 2.45) is 107 Å². The van der Waals surface area contributed by atoms with Gasteiger partial charge in [-0.2, -0.15) is 21.6 Å². The van der Waals surface area contributed by atoms with Gasteiger partial charge in [-0.25, -0.2) is 4.79 Å². The van der Waals surface area contributed by atoms with Crippen LogP contribution >= 0.6 is 58.3 Å². The molecule has 0 spiro atoms. The van der Waals surface area contributed by atoms with E-state index in [2.05, 4.69) is 162 Å². The van der Waals surface area contributed by atoms with Gasteiger partial charge in [-0.05, 0) is 145 Å². The molecule has 14 unspecified atom stereocenters. The van der Waals surface area contributed by atoms with Gasteiger partial charge in [0, 0.05) is 30.2 Å². The summed E-state index contributed by atoms with van der Waals surface area (Å²) in [6, 6.07) is 9.56. The molecule has 0 saturated carbocycles. The Morgan fingerprint density at radius 3 is 1.27 bits per heavy atom. The highest BCUT2D eigenvalue weighted by atomic mass is 35.6. The largest absolute Gasteiger partial charge is 0.522 e. The molecule has 1 aromatic carbocycles. The molecule has 1 amide bonds. The second-order valence-electron chi connectivity index (χ2n) is 31.8. The number of alkyl halides is 6. The lowest BCUT2D eigenvalue weighted by Gasteiger charge is -2.46. The van der Waals surface area contributed by atoms with Crippen LogP contribution in [0.3, 0.4) is 0 Å². The first-order valence-electron chi connectivity index (χ1n) is 39.2. The number of carbonyl (C=O) groups is 1. The van der Waals surface area contributed by atoms with E-state index in [1.165, 1.54) is 19.6 Å². The van der Waals surface area contributed by atoms with Crippen LogP contribution in [0.4, 0.5) is 18.0 Å². The Morgan fingerprint density at radius 1 is 0.518 bits per heavy atom. The number of aliphatic hydroxyl groups excluding tert-OH is 3. The summed E-state index contributed by atoms with van der Waals surface area (Å²) in [4.78, 5) is 11.7. The first kappa shape index (κ1) is 117. The second kappa shape index (κ2) is 55.8. The number of thioether (sulfide) groups is 2. The van der Waals surface area contributed by atoms with Gasteiger partial charge in [0.25, 0.3) is 3.79 Å². The summed E-state index contributed by atoms with van der Waals surface area (Å²) in [5.74, 6) is 10.2. The van der Waals surface area contributed by atoms with Crippen LogP contribution in [0.25, 0.3) is 0 Å². The lowest BCUT2D eigenvalue weighted by Crippen LogP contribution is -2.49. The zero-order chi connectivity index (χ0) is 82.0. The van der Waals surface area contributed by atoms with Gasteiger partial charge in [0.15, 0.2) is 18.9 Å². The molecule has 29 heteroatoms. The molecule has 7 rings (SSSR count). The van der Waals surface area contributed by atoms with Crippen LogP contribution in [0.1, 0.15) is 228 Å². The number of ether oxygens (including phenoxy) is 10. The highest BCUT2D eigenvalue weighted by molar-refractivity contribution is 7.99. The Labute approximate surface area is 705 Å². The summed E-state index contributed by atoms with van der Waals surface area (Å²) in [7, 11) is -8.10. The number of rotatable bonds is 22. The highest BCUT2D eigenvalue weighted by Crippen LogP contribution is 2.44. The standard InChI is InChI=1S/C21H40O3S.C20H31NO5.C12H20Cl3NO2.C11H22O2S.C10H20O2.C4H9F3O3SSi.5CH4/c1-9-18-14(5)12(3)16(7)20(23-18)22-11-19-15(6)13(4)17(8)21(24-19)25-10-2;1-14-15(2)18(12-22)26-19(16(14)3)24-11-7-10-21-20(23)25-13-17-8-5-4-6-9-17;1-5-9-7(3)6(2)8(4)10(17-9)18-11(16)12(13,14)15;1-5-14-11-9(4)7(2)8(3)10(6-12)13-11;1-5-9-7(3)6(2)8(4)10(11)12-9;1-12(2,3)10-11(8,9)4(5,6)7;;;;;/h12-21H,9-11H2,1-8H3;4-6,8-9,14-16,18-19,22H,7,10-13H2,1-3H3,(H,21,23);6-10,16H,5H2,1-4H3;7-12H,5-6H2,1-4H3;6-11H,5H2,1-4H3;1-3H3;5*1H4/t12-,13-,14-,15-,16?,17?,18?,19?,20+,21-;14-,15-,16?,18?,19+;6-,7-,8?,9?,10?;7-,8-,9?,10?,11-;6-,7-,8?,9?,10?;;;;;;/m00000....../s1. The molecule has 112 heavy (non-hydrogen) atoms. The van der Waals surface area contributed by atoms with E-state index < -0.39 is 46.4 Å². The number of hydrogen-bond acceptors (Lipinski definition) is 20. The van der Waals surface area contributed by atoms with Gasteiger partial charge < -0.3 is 71.9 Å². The van der Waals surface area contributed by atoms with Gasteiger partial charge >= 0.3 is 21.7 Å². The molecule has 6 fully saturated rings. The summed E-state index contributed by atoms with van der Waals surface area (Å²) in [5, 5.41) is 38.5. The minimum Gasteiger partial charge on any atom is -0.448 e. The van der Waals surface area contributed by atoms with E-state index in [1.54, 1.807) is 0 Å². The molecule has 6 heterocycles. The molecule has 670 valence electrons. The van der Waals surface area contributed by atoms with Crippen molar-refractivity contribution in [2.75, 3.05) is 44.5 Å². The quantitative estimate of drug-likeness (QED) is 0.0181. The van der Waals surface area contributed by atoms with Crippen LogP contribution in [0.5, 0.6) is 0 Å². The maximum Gasteiger partial charge on any atom is 0.522 e. The molecular formula is C83H162Cl3F3N2O17S3Si. The van der Waals surface area contributed by atoms with Crippen molar-refractivity contribution in [2.45, 2.75) is 330 Å². The van der Waals surface area contributed by atoms with Crippen molar-refractivity contribution in [1.29, 1.82) is 5.41 Å². The molecule has 6 aliphatic heterocycles. The van der Waals surface area contributed by atoms with Gasteiger partial charge in [0.1, 0.15) is 17.5 Å². The smallest absolute Gasteiger partial charge is 0.448 e. The molecule has 6 aliphatic rings. The molecule has 0 aliphatic carbocycles. The predicted molar refractivity (Wildman–Crippen MR) is 464 cm³/mol. The van der Waals surface area contributed by atoms with Crippen molar-refractivity contribution in [3.05, 3.63) is 35.9 Å². The molecule has 1 aromatic rings. The number of halogens is 6. The summed E-state index contributed by atoms with van der Waals surface area (Å²) in [6.07, 6.45) is 2.38. The molecule has 6 saturated heterocycles. The Bertz CT molecular complexity index is 2730. The molecule has 0 bridgehead atoms. The van der Waals surface area contributed by atoms with Gasteiger partial charge in [-0.15, -0.1) is 23.5 Å². The number of amides is 1. The van der Waals surface area contributed by atoms with Crippen molar-refractivity contribution < 1.29 is 92.9 Å². The molecule has 0 aromatic heterocycles. The van der Waals surface area contributed by atoms with Crippen LogP contribution in [-0.4, -0.2) is 170 Å². The fourth-order valence-corrected chi connectivity index (χ4v) is 19.5. The van der Waals surface area contributed by atoms with Crippen molar-refractivity contribution >= 4 is 88.8 Å². The molecular weight excluding hydrogens is 1580 g/mol. The summed E-state index contributed by atoms with van der Waals surface area (Å²) < 4.78 is 116. The average Bonchev–Trinajstić information content (AvgIpc) is 0.825. The van der Waals surface area contributed by atoms with Crippen LogP contribution in [0.2, 0.25) is 19.6 Å². The number of hydrogen-bond donors (Lipinski definition) is 5. The van der Waals surface area contributed by atoms with E-state index in [0.717, 1.165) is 36.3 Å².